The predicted octanol–water partition coefficient (Wildman–Crippen LogP) is 12.3. The third kappa shape index (κ3) is 4.77. The largest absolute Gasteiger partial charge is 0.311 e. The van der Waals surface area contributed by atoms with E-state index in [-0.39, 0.29) is 0 Å². The van der Waals surface area contributed by atoms with Crippen LogP contribution in [0, 0.1) is 0 Å². The highest BCUT2D eigenvalue weighted by Crippen LogP contribution is 2.43. The van der Waals surface area contributed by atoms with Crippen LogP contribution < -0.4 is 4.90 Å². The van der Waals surface area contributed by atoms with Crippen LogP contribution in [-0.2, 0) is 0 Å². The number of hydrogen-bond acceptors (Lipinski definition) is 2. The Hall–Kier alpha value is -5.71. The minimum absolute atomic E-state index is 0.955. The van der Waals surface area contributed by atoms with Crippen molar-refractivity contribution >= 4 is 65.6 Å². The van der Waals surface area contributed by atoms with E-state index in [1.807, 2.05) is 6.20 Å². The average Bonchev–Trinajstić information content (AvgIpc) is 3.47. The van der Waals surface area contributed by atoms with E-state index in [9.17, 15) is 0 Å². The van der Waals surface area contributed by atoms with Gasteiger partial charge in [-0.2, -0.15) is 0 Å². The summed E-state index contributed by atoms with van der Waals surface area (Å²) in [4.78, 5) is 7.03. The molecule has 9 aromatic rings. The first-order chi connectivity index (χ1) is 23.2. The highest BCUT2D eigenvalue weighted by molar-refractivity contribution is 9.10. The Kier molecular flexibility index (Phi) is 6.61. The van der Waals surface area contributed by atoms with E-state index in [2.05, 4.69) is 189 Å². The van der Waals surface area contributed by atoms with E-state index in [0.717, 1.165) is 38.5 Å². The van der Waals surface area contributed by atoms with E-state index in [1.54, 1.807) is 0 Å². The fraction of sp³-hybridized carbons (Fsp3) is 0. The molecule has 0 spiro atoms. The molecule has 4 heteroatoms. The summed E-state index contributed by atoms with van der Waals surface area (Å²) in [5.41, 5.74) is 11.3. The molecule has 0 fully saturated rings. The molecule has 0 atom stereocenters. The first-order valence-corrected chi connectivity index (χ1v) is 16.5. The second kappa shape index (κ2) is 11.3. The van der Waals surface area contributed by atoms with Gasteiger partial charge in [-0.3, -0.25) is 4.98 Å². The molecule has 2 aromatic heterocycles. The summed E-state index contributed by atoms with van der Waals surface area (Å²) in [6.45, 7) is 0. The molecule has 0 bridgehead atoms. The van der Waals surface area contributed by atoms with Crippen LogP contribution in [0.15, 0.2) is 174 Å². The summed E-state index contributed by atoms with van der Waals surface area (Å²) in [5.74, 6) is 0. The molecule has 7 aromatic carbocycles. The van der Waals surface area contributed by atoms with E-state index in [1.165, 1.54) is 43.7 Å². The molecule has 0 saturated heterocycles. The summed E-state index contributed by atoms with van der Waals surface area (Å²) < 4.78 is 3.39. The van der Waals surface area contributed by atoms with Crippen molar-refractivity contribution in [3.63, 3.8) is 0 Å². The summed E-state index contributed by atoms with van der Waals surface area (Å²) in [5, 5.41) is 5.02. The van der Waals surface area contributed by atoms with Gasteiger partial charge in [0.2, 0.25) is 0 Å². The SMILES string of the molecule is Brc1ccc(-c2cc3ccc4cc(-c5ccc(N(c6ccccc6)c6ccccc6)cc5)cc5c4c3c(c2)n5-c2ccccc2)nc1. The second-order valence-corrected chi connectivity index (χ2v) is 12.8. The summed E-state index contributed by atoms with van der Waals surface area (Å²) in [7, 11) is 0. The fourth-order valence-corrected chi connectivity index (χ4v) is 7.12. The Morgan fingerprint density at radius 2 is 1.00 bits per heavy atom. The van der Waals surface area contributed by atoms with Crippen molar-refractivity contribution in [2.45, 2.75) is 0 Å². The maximum absolute atomic E-state index is 4.73. The number of benzene rings is 7. The van der Waals surface area contributed by atoms with Gasteiger partial charge in [0.15, 0.2) is 0 Å². The third-order valence-corrected chi connectivity index (χ3v) is 9.46. The molecule has 222 valence electrons. The fourth-order valence-electron chi connectivity index (χ4n) is 6.89. The smallest absolute Gasteiger partial charge is 0.0703 e. The lowest BCUT2D eigenvalue weighted by Gasteiger charge is -2.25. The number of halogens is 1. The first-order valence-electron chi connectivity index (χ1n) is 15.7. The Morgan fingerprint density at radius 3 is 1.57 bits per heavy atom. The number of anilines is 3. The van der Waals surface area contributed by atoms with Gasteiger partial charge in [-0.05, 0) is 123 Å². The van der Waals surface area contributed by atoms with Gasteiger partial charge in [0.05, 0.1) is 16.7 Å². The minimum atomic E-state index is 0.955. The zero-order valence-electron chi connectivity index (χ0n) is 25.4. The van der Waals surface area contributed by atoms with Gasteiger partial charge in [0, 0.05) is 49.8 Å². The van der Waals surface area contributed by atoms with Gasteiger partial charge in [-0.25, -0.2) is 0 Å². The van der Waals surface area contributed by atoms with Crippen LogP contribution in [0.1, 0.15) is 0 Å². The number of rotatable bonds is 6. The molecular formula is C43H28BrN3. The predicted molar refractivity (Wildman–Crippen MR) is 201 cm³/mol. The van der Waals surface area contributed by atoms with Crippen molar-refractivity contribution in [3.05, 3.63) is 174 Å². The van der Waals surface area contributed by atoms with Gasteiger partial charge in [-0.1, -0.05) is 78.9 Å². The molecule has 2 heterocycles. The van der Waals surface area contributed by atoms with Gasteiger partial charge in [0.1, 0.15) is 0 Å². The normalized spacial score (nSPS) is 11.5. The Bertz CT molecular complexity index is 2450. The molecule has 0 unspecified atom stereocenters. The first kappa shape index (κ1) is 27.6. The maximum Gasteiger partial charge on any atom is 0.0703 e. The molecule has 9 rings (SSSR count). The van der Waals surface area contributed by atoms with Crippen molar-refractivity contribution in [1.82, 2.24) is 9.55 Å². The topological polar surface area (TPSA) is 21.1 Å². The Morgan fingerprint density at radius 1 is 0.468 bits per heavy atom. The van der Waals surface area contributed by atoms with Gasteiger partial charge < -0.3 is 9.47 Å². The van der Waals surface area contributed by atoms with E-state index < -0.39 is 0 Å². The molecular weight excluding hydrogens is 638 g/mol. The van der Waals surface area contributed by atoms with Gasteiger partial charge >= 0.3 is 0 Å². The van der Waals surface area contributed by atoms with Crippen LogP contribution in [0.2, 0.25) is 0 Å². The van der Waals surface area contributed by atoms with Crippen molar-refractivity contribution in [2.75, 3.05) is 4.90 Å². The van der Waals surface area contributed by atoms with E-state index in [4.69, 9.17) is 4.98 Å². The lowest BCUT2D eigenvalue weighted by Crippen LogP contribution is -2.09. The van der Waals surface area contributed by atoms with E-state index in [0.29, 0.717) is 0 Å². The lowest BCUT2D eigenvalue weighted by molar-refractivity contribution is 1.18. The maximum atomic E-state index is 4.73. The van der Waals surface area contributed by atoms with Crippen molar-refractivity contribution in [3.8, 4) is 28.1 Å². The standard InChI is InChI=1S/C43H28BrN3/c44-34-20-23-39(45-28-34)33-25-31-17-16-30-24-32(26-40-42(30)43(31)41(27-33)47(40)37-14-8-3-9-15-37)29-18-21-38(22-19-29)46(35-10-4-1-5-11-35)36-12-6-2-7-13-36/h1-28H. The number of aromatic nitrogens is 2. The molecule has 0 amide bonds. The number of pyridine rings is 1. The summed E-state index contributed by atoms with van der Waals surface area (Å²) >= 11 is 3.54. The molecule has 0 saturated carbocycles. The third-order valence-electron chi connectivity index (χ3n) is 9.00. The lowest BCUT2D eigenvalue weighted by atomic mass is 9.96. The number of para-hydroxylation sites is 3. The molecule has 0 N–H and O–H groups in total. The van der Waals surface area contributed by atoms with Crippen molar-refractivity contribution in [1.29, 1.82) is 0 Å². The van der Waals surface area contributed by atoms with Crippen molar-refractivity contribution < 1.29 is 0 Å². The van der Waals surface area contributed by atoms with Crippen LogP contribution in [0.3, 0.4) is 0 Å². The van der Waals surface area contributed by atoms with Gasteiger partial charge in [0.25, 0.3) is 0 Å². The Labute approximate surface area is 281 Å². The minimum Gasteiger partial charge on any atom is -0.311 e. The molecule has 47 heavy (non-hydrogen) atoms. The van der Waals surface area contributed by atoms with Crippen LogP contribution in [0.5, 0.6) is 0 Å². The molecule has 0 aliphatic carbocycles. The van der Waals surface area contributed by atoms with Gasteiger partial charge in [-0.15, -0.1) is 0 Å². The molecule has 0 aliphatic rings. The summed E-state index contributed by atoms with van der Waals surface area (Å²) in [6, 6.07) is 58.6. The summed E-state index contributed by atoms with van der Waals surface area (Å²) in [6.07, 6.45) is 1.86. The van der Waals surface area contributed by atoms with E-state index >= 15 is 0 Å². The quantitative estimate of drug-likeness (QED) is 0.165. The Balaban J connectivity index is 1.22. The number of hydrogen-bond donors (Lipinski definition) is 0. The highest BCUT2D eigenvalue weighted by Gasteiger charge is 2.20. The van der Waals surface area contributed by atoms with Crippen LogP contribution >= 0.6 is 15.9 Å². The zero-order chi connectivity index (χ0) is 31.3. The average molecular weight is 667 g/mol. The zero-order valence-corrected chi connectivity index (χ0v) is 27.0. The monoisotopic (exact) mass is 665 g/mol. The van der Waals surface area contributed by atoms with Crippen molar-refractivity contribution in [2.24, 2.45) is 0 Å². The highest BCUT2D eigenvalue weighted by atomic mass is 79.9. The van der Waals surface area contributed by atoms with Crippen LogP contribution in [0.25, 0.3) is 60.6 Å². The molecule has 3 nitrogen and oxygen atoms in total. The van der Waals surface area contributed by atoms with Crippen LogP contribution in [0.4, 0.5) is 17.1 Å². The number of nitrogens with zero attached hydrogens (tertiary/aromatic N) is 3. The molecule has 0 radical (unpaired) electrons. The molecule has 0 aliphatic heterocycles. The second-order valence-electron chi connectivity index (χ2n) is 11.8. The van der Waals surface area contributed by atoms with Crippen LogP contribution in [-0.4, -0.2) is 9.55 Å².